The number of hydrogen-bond donors (Lipinski definition) is 0. The molecule has 0 radical (unpaired) electrons. The second-order valence-corrected chi connectivity index (χ2v) is 7.32. The number of aryl methyl sites for hydroxylation is 3. The standard InChI is InChI=1S/C23H22ClN3O2/c1-16-5-3-6-20(15-16)28-14-4-7-21-22(18-8-10-19(24)11-9-18)26-23(29-21)27-13-12-25-17(27)2/h3,5-6,8-13,15H,4,7,14H2,1-2H3. The molecular weight excluding hydrogens is 386 g/mol. The van der Waals surface area contributed by atoms with Gasteiger partial charge in [-0.3, -0.25) is 4.57 Å². The molecule has 0 unspecified atom stereocenters. The summed E-state index contributed by atoms with van der Waals surface area (Å²) in [4.78, 5) is 8.99. The van der Waals surface area contributed by atoms with Crippen LogP contribution in [0.4, 0.5) is 0 Å². The zero-order valence-electron chi connectivity index (χ0n) is 16.4. The van der Waals surface area contributed by atoms with Crippen LogP contribution in [0.1, 0.15) is 23.6 Å². The van der Waals surface area contributed by atoms with Crippen molar-refractivity contribution in [1.82, 2.24) is 14.5 Å². The quantitative estimate of drug-likeness (QED) is 0.363. The van der Waals surface area contributed by atoms with Crippen molar-refractivity contribution in [2.24, 2.45) is 0 Å². The molecule has 4 aromatic rings. The Hall–Kier alpha value is -3.05. The van der Waals surface area contributed by atoms with E-state index >= 15 is 0 Å². The van der Waals surface area contributed by atoms with Gasteiger partial charge in [-0.1, -0.05) is 35.9 Å². The maximum Gasteiger partial charge on any atom is 0.307 e. The third-order valence-corrected chi connectivity index (χ3v) is 4.89. The lowest BCUT2D eigenvalue weighted by Crippen LogP contribution is -2.00. The minimum Gasteiger partial charge on any atom is -0.494 e. The van der Waals surface area contributed by atoms with Crippen molar-refractivity contribution in [2.45, 2.75) is 26.7 Å². The van der Waals surface area contributed by atoms with E-state index in [1.54, 1.807) is 6.20 Å². The number of aromatic nitrogens is 3. The molecule has 0 spiro atoms. The van der Waals surface area contributed by atoms with E-state index in [0.717, 1.165) is 35.0 Å². The predicted octanol–water partition coefficient (Wildman–Crippen LogP) is 5.81. The first kappa shape index (κ1) is 19.3. The maximum absolute atomic E-state index is 6.12. The number of benzene rings is 2. The lowest BCUT2D eigenvalue weighted by atomic mass is 10.1. The first-order valence-corrected chi connectivity index (χ1v) is 9.93. The number of hydrogen-bond acceptors (Lipinski definition) is 4. The van der Waals surface area contributed by atoms with Gasteiger partial charge in [0.1, 0.15) is 23.0 Å². The molecule has 0 aliphatic carbocycles. The Morgan fingerprint density at radius 3 is 2.66 bits per heavy atom. The minimum atomic E-state index is 0.513. The lowest BCUT2D eigenvalue weighted by molar-refractivity contribution is 0.306. The van der Waals surface area contributed by atoms with Gasteiger partial charge in [0.2, 0.25) is 0 Å². The number of ether oxygens (including phenoxy) is 1. The van der Waals surface area contributed by atoms with Crippen molar-refractivity contribution in [1.29, 1.82) is 0 Å². The molecule has 4 rings (SSSR count). The SMILES string of the molecule is Cc1cccc(OCCCc2oc(-n3ccnc3C)nc2-c2ccc(Cl)cc2)c1. The normalized spacial score (nSPS) is 11.0. The summed E-state index contributed by atoms with van der Waals surface area (Å²) < 4.78 is 13.8. The molecule has 2 heterocycles. The number of oxazole rings is 1. The summed E-state index contributed by atoms with van der Waals surface area (Å²) in [5.41, 5.74) is 2.97. The summed E-state index contributed by atoms with van der Waals surface area (Å²) >= 11 is 6.05. The van der Waals surface area contributed by atoms with Crippen LogP contribution in [0, 0.1) is 13.8 Å². The molecule has 0 amide bonds. The van der Waals surface area contributed by atoms with Crippen LogP contribution in [-0.2, 0) is 6.42 Å². The van der Waals surface area contributed by atoms with Crippen LogP contribution in [0.2, 0.25) is 5.02 Å². The average molecular weight is 408 g/mol. The lowest BCUT2D eigenvalue weighted by Gasteiger charge is -2.06. The fourth-order valence-corrected chi connectivity index (χ4v) is 3.28. The summed E-state index contributed by atoms with van der Waals surface area (Å²) in [5, 5.41) is 0.691. The van der Waals surface area contributed by atoms with Gasteiger partial charge in [0.15, 0.2) is 0 Å². The maximum atomic E-state index is 6.12. The summed E-state index contributed by atoms with van der Waals surface area (Å²) in [5.74, 6) is 2.53. The van der Waals surface area contributed by atoms with E-state index in [0.29, 0.717) is 24.1 Å². The van der Waals surface area contributed by atoms with Crippen molar-refractivity contribution in [2.75, 3.05) is 6.61 Å². The van der Waals surface area contributed by atoms with E-state index in [2.05, 4.69) is 18.0 Å². The highest BCUT2D eigenvalue weighted by Crippen LogP contribution is 2.28. The molecule has 29 heavy (non-hydrogen) atoms. The molecule has 0 aliphatic rings. The molecule has 148 valence electrons. The topological polar surface area (TPSA) is 53.1 Å². The average Bonchev–Trinajstić information content (AvgIpc) is 3.32. The zero-order chi connectivity index (χ0) is 20.2. The Labute approximate surface area is 174 Å². The Bertz CT molecular complexity index is 1100. The van der Waals surface area contributed by atoms with Gasteiger partial charge in [-0.2, -0.15) is 4.98 Å². The first-order valence-electron chi connectivity index (χ1n) is 9.55. The molecule has 0 saturated carbocycles. The zero-order valence-corrected chi connectivity index (χ0v) is 17.2. The largest absolute Gasteiger partial charge is 0.494 e. The van der Waals surface area contributed by atoms with Crippen molar-refractivity contribution in [3.8, 4) is 23.0 Å². The fourth-order valence-electron chi connectivity index (χ4n) is 3.15. The Morgan fingerprint density at radius 1 is 1.10 bits per heavy atom. The van der Waals surface area contributed by atoms with Crippen LogP contribution < -0.4 is 4.74 Å². The third kappa shape index (κ3) is 4.51. The van der Waals surface area contributed by atoms with Gasteiger partial charge in [0, 0.05) is 29.4 Å². The molecule has 0 fully saturated rings. The molecule has 0 saturated heterocycles. The predicted molar refractivity (Wildman–Crippen MR) is 114 cm³/mol. The summed E-state index contributed by atoms with van der Waals surface area (Å²) in [6.07, 6.45) is 5.10. The van der Waals surface area contributed by atoms with Gasteiger partial charge < -0.3 is 9.15 Å². The molecule has 2 aromatic heterocycles. The Kier molecular flexibility index (Phi) is 5.67. The van der Waals surface area contributed by atoms with E-state index in [4.69, 9.17) is 25.7 Å². The summed E-state index contributed by atoms with van der Waals surface area (Å²) in [7, 11) is 0. The van der Waals surface area contributed by atoms with Crippen LogP contribution >= 0.6 is 11.6 Å². The molecule has 0 bridgehead atoms. The van der Waals surface area contributed by atoms with E-state index < -0.39 is 0 Å². The van der Waals surface area contributed by atoms with E-state index in [-0.39, 0.29) is 0 Å². The Balaban J connectivity index is 1.53. The highest BCUT2D eigenvalue weighted by atomic mass is 35.5. The number of halogens is 1. The van der Waals surface area contributed by atoms with E-state index in [1.807, 2.05) is 60.2 Å². The van der Waals surface area contributed by atoms with Gasteiger partial charge in [-0.05, 0) is 50.1 Å². The van der Waals surface area contributed by atoms with Gasteiger partial charge in [-0.25, -0.2) is 4.98 Å². The van der Waals surface area contributed by atoms with E-state index in [1.165, 1.54) is 5.56 Å². The van der Waals surface area contributed by atoms with Crippen LogP contribution in [0.15, 0.2) is 65.3 Å². The van der Waals surface area contributed by atoms with E-state index in [9.17, 15) is 0 Å². The van der Waals surface area contributed by atoms with Crippen molar-refractivity contribution in [3.63, 3.8) is 0 Å². The van der Waals surface area contributed by atoms with Gasteiger partial charge >= 0.3 is 6.01 Å². The first-order chi connectivity index (χ1) is 14.1. The minimum absolute atomic E-state index is 0.513. The van der Waals surface area contributed by atoms with Crippen LogP contribution in [0.25, 0.3) is 17.3 Å². The number of rotatable bonds is 7. The summed E-state index contributed by atoms with van der Waals surface area (Å²) in [6, 6.07) is 16.2. The molecule has 2 aromatic carbocycles. The van der Waals surface area contributed by atoms with Crippen LogP contribution in [0.3, 0.4) is 0 Å². The van der Waals surface area contributed by atoms with Crippen molar-refractivity contribution >= 4 is 11.6 Å². The molecule has 0 N–H and O–H groups in total. The molecular formula is C23H22ClN3O2. The van der Waals surface area contributed by atoms with Gasteiger partial charge in [0.05, 0.1) is 6.61 Å². The monoisotopic (exact) mass is 407 g/mol. The van der Waals surface area contributed by atoms with Gasteiger partial charge in [0.25, 0.3) is 0 Å². The highest BCUT2D eigenvalue weighted by Gasteiger charge is 2.17. The fraction of sp³-hybridized carbons (Fsp3) is 0.217. The Morgan fingerprint density at radius 2 is 1.93 bits per heavy atom. The highest BCUT2D eigenvalue weighted by molar-refractivity contribution is 6.30. The molecule has 0 aliphatic heterocycles. The van der Waals surface area contributed by atoms with Crippen LogP contribution in [-0.4, -0.2) is 21.1 Å². The molecule has 6 heteroatoms. The van der Waals surface area contributed by atoms with Crippen molar-refractivity contribution < 1.29 is 9.15 Å². The smallest absolute Gasteiger partial charge is 0.307 e. The molecule has 0 atom stereocenters. The number of nitrogens with zero attached hydrogens (tertiary/aromatic N) is 3. The third-order valence-electron chi connectivity index (χ3n) is 4.64. The second-order valence-electron chi connectivity index (χ2n) is 6.89. The second kappa shape index (κ2) is 8.53. The van der Waals surface area contributed by atoms with Crippen LogP contribution in [0.5, 0.6) is 5.75 Å². The summed E-state index contributed by atoms with van der Waals surface area (Å²) in [6.45, 7) is 4.57. The molecule has 5 nitrogen and oxygen atoms in total. The number of imidazole rings is 1. The van der Waals surface area contributed by atoms with Gasteiger partial charge in [-0.15, -0.1) is 0 Å². The van der Waals surface area contributed by atoms with Crippen molar-refractivity contribution in [3.05, 3.63) is 83.1 Å².